The largest absolute Gasteiger partial charge is 0.484 e. The van der Waals surface area contributed by atoms with Crippen LogP contribution in [0.15, 0.2) is 30.7 Å². The van der Waals surface area contributed by atoms with E-state index in [1.807, 2.05) is 19.9 Å². The van der Waals surface area contributed by atoms with Crippen molar-refractivity contribution in [3.63, 3.8) is 0 Å². The lowest BCUT2D eigenvalue weighted by Gasteiger charge is -2.32. The second-order valence-corrected chi connectivity index (χ2v) is 8.27. The van der Waals surface area contributed by atoms with Gasteiger partial charge in [0, 0.05) is 43.0 Å². The van der Waals surface area contributed by atoms with Gasteiger partial charge in [0.25, 0.3) is 5.91 Å². The van der Waals surface area contributed by atoms with Crippen LogP contribution in [0.3, 0.4) is 0 Å². The Labute approximate surface area is 179 Å². The zero-order chi connectivity index (χ0) is 21.6. The fourth-order valence-corrected chi connectivity index (χ4v) is 4.37. The van der Waals surface area contributed by atoms with Gasteiger partial charge in [0.2, 0.25) is 0 Å². The summed E-state index contributed by atoms with van der Waals surface area (Å²) in [6.07, 6.45) is 5.49. The zero-order valence-electron chi connectivity index (χ0n) is 17.6. The highest BCUT2D eigenvalue weighted by Gasteiger charge is 2.37. The van der Waals surface area contributed by atoms with Gasteiger partial charge >= 0.3 is 0 Å². The molecule has 3 aromatic rings. The maximum absolute atomic E-state index is 13.2. The molecule has 0 spiro atoms. The summed E-state index contributed by atoms with van der Waals surface area (Å²) in [6.45, 7) is 6.50. The Bertz CT molecular complexity index is 1150. The molecule has 2 N–H and O–H groups in total. The number of nitrogens with one attached hydrogen (secondary N) is 1. The number of hydrogen-bond donors (Lipinski definition) is 2. The van der Waals surface area contributed by atoms with Crippen LogP contribution in [0, 0.1) is 6.92 Å². The van der Waals surface area contributed by atoms with Gasteiger partial charge in [-0.3, -0.25) is 4.79 Å². The van der Waals surface area contributed by atoms with Gasteiger partial charge < -0.3 is 24.8 Å². The normalized spacial score (nSPS) is 20.5. The van der Waals surface area contributed by atoms with Crippen LogP contribution in [0.2, 0.25) is 0 Å². The van der Waals surface area contributed by atoms with E-state index < -0.39 is 5.60 Å². The molecule has 0 radical (unpaired) electrons. The first-order chi connectivity index (χ1) is 15.0. The van der Waals surface area contributed by atoms with Crippen molar-refractivity contribution in [1.29, 1.82) is 0 Å². The van der Waals surface area contributed by atoms with Gasteiger partial charge in [0.1, 0.15) is 16.9 Å². The summed E-state index contributed by atoms with van der Waals surface area (Å²) >= 11 is 0. The van der Waals surface area contributed by atoms with E-state index in [9.17, 15) is 9.90 Å². The van der Waals surface area contributed by atoms with E-state index in [-0.39, 0.29) is 12.5 Å². The third kappa shape index (κ3) is 3.39. The molecule has 5 rings (SSSR count). The average molecular weight is 423 g/mol. The van der Waals surface area contributed by atoms with Crippen LogP contribution in [-0.2, 0) is 11.2 Å². The fraction of sp³-hybridized carbons (Fsp3) is 0.409. The predicted octanol–water partition coefficient (Wildman–Crippen LogP) is 1.81. The van der Waals surface area contributed by atoms with Gasteiger partial charge in [-0.1, -0.05) is 0 Å². The molecule has 0 unspecified atom stereocenters. The number of fused-ring (bicyclic) bond motifs is 2. The molecule has 9 heteroatoms. The standard InChI is InChI=1S/C22H25N5O4/c1-14-18(26-6-8-30-9-7-26)17(10-15-11-22(2,13-28)31-19(14)15)25-21(29)16-12-24-27-5-3-4-23-20(16)27/h3-5,10,12,28H,6-9,11,13H2,1-2H3,(H,25,29)/t22-/m1/s1. The quantitative estimate of drug-likeness (QED) is 0.660. The molecule has 4 heterocycles. The number of amides is 1. The van der Waals surface area contributed by atoms with Gasteiger partial charge in [-0.25, -0.2) is 9.50 Å². The summed E-state index contributed by atoms with van der Waals surface area (Å²) in [4.78, 5) is 19.7. The molecule has 0 aliphatic carbocycles. The second-order valence-electron chi connectivity index (χ2n) is 8.27. The molecule has 0 saturated carbocycles. The number of aliphatic hydroxyl groups is 1. The van der Waals surface area contributed by atoms with Crippen LogP contribution < -0.4 is 15.0 Å². The number of ether oxygens (including phenoxy) is 2. The Morgan fingerprint density at radius 1 is 1.35 bits per heavy atom. The molecular weight excluding hydrogens is 398 g/mol. The summed E-state index contributed by atoms with van der Waals surface area (Å²) < 4.78 is 13.2. The van der Waals surface area contributed by atoms with Gasteiger partial charge in [0.05, 0.1) is 37.4 Å². The Balaban J connectivity index is 1.56. The maximum atomic E-state index is 13.2. The number of aromatic nitrogens is 3. The van der Waals surface area contributed by atoms with E-state index in [2.05, 4.69) is 20.3 Å². The lowest BCUT2D eigenvalue weighted by atomic mass is 9.97. The SMILES string of the molecule is Cc1c2c(cc(NC(=O)c3cnn4cccnc34)c1N1CCOCC1)C[C@](C)(CO)O2. The third-order valence-electron chi connectivity index (χ3n) is 5.91. The number of nitrogens with zero attached hydrogens (tertiary/aromatic N) is 4. The van der Waals surface area contributed by atoms with Crippen molar-refractivity contribution < 1.29 is 19.4 Å². The highest BCUT2D eigenvalue weighted by Crippen LogP contribution is 2.45. The summed E-state index contributed by atoms with van der Waals surface area (Å²) in [5.41, 5.74) is 3.80. The monoisotopic (exact) mass is 423 g/mol. The minimum atomic E-state index is -0.662. The van der Waals surface area contributed by atoms with Crippen LogP contribution in [-0.4, -0.2) is 64.1 Å². The van der Waals surface area contributed by atoms with Crippen LogP contribution in [0.4, 0.5) is 11.4 Å². The van der Waals surface area contributed by atoms with Gasteiger partial charge in [-0.05, 0) is 26.0 Å². The van der Waals surface area contributed by atoms with Crippen molar-refractivity contribution in [3.8, 4) is 5.75 Å². The van der Waals surface area contributed by atoms with Crippen LogP contribution in [0.5, 0.6) is 5.75 Å². The minimum Gasteiger partial charge on any atom is -0.484 e. The van der Waals surface area contributed by atoms with Crippen LogP contribution >= 0.6 is 0 Å². The molecule has 1 saturated heterocycles. The number of aliphatic hydroxyl groups excluding tert-OH is 1. The van der Waals surface area contributed by atoms with Crippen molar-refractivity contribution in [2.45, 2.75) is 25.9 Å². The van der Waals surface area contributed by atoms with E-state index in [1.54, 1.807) is 23.0 Å². The first-order valence-electron chi connectivity index (χ1n) is 10.4. The Morgan fingerprint density at radius 2 is 2.16 bits per heavy atom. The molecule has 162 valence electrons. The Hall–Kier alpha value is -3.17. The van der Waals surface area contributed by atoms with Gasteiger partial charge in [-0.2, -0.15) is 5.10 Å². The number of hydrogen-bond acceptors (Lipinski definition) is 7. The average Bonchev–Trinajstić information content (AvgIpc) is 3.36. The van der Waals surface area contributed by atoms with Crippen molar-refractivity contribution in [2.75, 3.05) is 43.1 Å². The topological polar surface area (TPSA) is 101 Å². The zero-order valence-corrected chi connectivity index (χ0v) is 17.6. The molecule has 1 aromatic carbocycles. The molecule has 2 aliphatic rings. The number of rotatable bonds is 4. The lowest BCUT2D eigenvalue weighted by molar-refractivity contribution is 0.0442. The summed E-state index contributed by atoms with van der Waals surface area (Å²) in [6, 6.07) is 3.73. The number of morpholine rings is 1. The first kappa shape index (κ1) is 19.8. The molecule has 9 nitrogen and oxygen atoms in total. The molecule has 2 aliphatic heterocycles. The maximum Gasteiger partial charge on any atom is 0.261 e. The summed E-state index contributed by atoms with van der Waals surface area (Å²) in [7, 11) is 0. The van der Waals surface area contributed by atoms with Crippen molar-refractivity contribution in [2.24, 2.45) is 0 Å². The smallest absolute Gasteiger partial charge is 0.261 e. The number of benzene rings is 1. The molecule has 0 bridgehead atoms. The number of anilines is 2. The number of carbonyl (C=O) groups is 1. The van der Waals surface area contributed by atoms with Crippen molar-refractivity contribution in [1.82, 2.24) is 14.6 Å². The van der Waals surface area contributed by atoms with Crippen LogP contribution in [0.25, 0.3) is 5.65 Å². The second kappa shape index (κ2) is 7.51. The molecule has 1 amide bonds. The fourth-order valence-electron chi connectivity index (χ4n) is 4.37. The van der Waals surface area contributed by atoms with Gasteiger partial charge in [-0.15, -0.1) is 0 Å². The molecule has 2 aromatic heterocycles. The van der Waals surface area contributed by atoms with E-state index in [1.165, 1.54) is 6.20 Å². The third-order valence-corrected chi connectivity index (χ3v) is 5.91. The lowest BCUT2D eigenvalue weighted by Crippen LogP contribution is -2.37. The summed E-state index contributed by atoms with van der Waals surface area (Å²) in [5.74, 6) is 0.514. The number of carbonyl (C=O) groups excluding carboxylic acids is 1. The Kier molecular flexibility index (Phi) is 4.79. The molecule has 1 fully saturated rings. The highest BCUT2D eigenvalue weighted by molar-refractivity contribution is 6.09. The van der Waals surface area contributed by atoms with E-state index in [4.69, 9.17) is 9.47 Å². The molecule has 1 atom stereocenters. The Morgan fingerprint density at radius 3 is 2.94 bits per heavy atom. The van der Waals surface area contributed by atoms with Crippen molar-refractivity contribution in [3.05, 3.63) is 47.4 Å². The first-order valence-corrected chi connectivity index (χ1v) is 10.4. The predicted molar refractivity (Wildman–Crippen MR) is 115 cm³/mol. The van der Waals surface area contributed by atoms with E-state index >= 15 is 0 Å². The molecular formula is C22H25N5O4. The minimum absolute atomic E-state index is 0.0796. The van der Waals surface area contributed by atoms with E-state index in [0.717, 1.165) is 35.7 Å². The van der Waals surface area contributed by atoms with Crippen molar-refractivity contribution >= 4 is 22.9 Å². The van der Waals surface area contributed by atoms with Gasteiger partial charge in [0.15, 0.2) is 5.65 Å². The van der Waals surface area contributed by atoms with Crippen LogP contribution in [0.1, 0.15) is 28.4 Å². The van der Waals surface area contributed by atoms with E-state index in [0.29, 0.717) is 36.5 Å². The summed E-state index contributed by atoms with van der Waals surface area (Å²) in [5, 5.41) is 17.1. The highest BCUT2D eigenvalue weighted by atomic mass is 16.5. The molecule has 31 heavy (non-hydrogen) atoms.